The number of carbonyl (C=O) groups is 2. The number of ether oxygens (including phenoxy) is 1. The average molecular weight is 269 g/mol. The van der Waals surface area contributed by atoms with Crippen molar-refractivity contribution in [3.8, 4) is 0 Å². The van der Waals surface area contributed by atoms with Crippen molar-refractivity contribution >= 4 is 11.8 Å². The molecule has 0 aliphatic heterocycles. The fourth-order valence-electron chi connectivity index (χ4n) is 1.81. The quantitative estimate of drug-likeness (QED) is 0.632. The van der Waals surface area contributed by atoms with E-state index in [9.17, 15) is 9.59 Å². The topological polar surface area (TPSA) is 56.3 Å². The van der Waals surface area contributed by atoms with E-state index in [0.29, 0.717) is 16.8 Å². The largest absolute Gasteiger partial charge is 0.457 e. The normalized spacial score (nSPS) is 10.1. The van der Waals surface area contributed by atoms with Gasteiger partial charge in [0.25, 0.3) is 0 Å². The molecule has 0 fully saturated rings. The lowest BCUT2D eigenvalue weighted by atomic mass is 10.1. The molecule has 0 aliphatic rings. The molecule has 0 unspecified atom stereocenters. The molecule has 4 nitrogen and oxygen atoms in total. The molecule has 4 heteroatoms. The first-order valence-electron chi connectivity index (χ1n) is 6.26. The lowest BCUT2D eigenvalue weighted by Crippen LogP contribution is -2.08. The average Bonchev–Trinajstić information content (AvgIpc) is 2.45. The Bertz CT molecular complexity index is 650. The molecule has 102 valence electrons. The summed E-state index contributed by atoms with van der Waals surface area (Å²) in [5.41, 5.74) is 2.48. The van der Waals surface area contributed by atoms with E-state index in [-0.39, 0.29) is 12.4 Å². The van der Waals surface area contributed by atoms with Crippen LogP contribution in [0.4, 0.5) is 0 Å². The first-order valence-corrected chi connectivity index (χ1v) is 6.26. The molecule has 0 atom stereocenters. The molecule has 0 bridgehead atoms. The molecule has 1 aromatic heterocycles. The number of esters is 1. The molecule has 0 saturated carbocycles. The van der Waals surface area contributed by atoms with E-state index in [1.165, 1.54) is 6.92 Å². The van der Waals surface area contributed by atoms with Crippen molar-refractivity contribution in [2.45, 2.75) is 20.5 Å². The van der Waals surface area contributed by atoms with E-state index in [0.717, 1.165) is 5.56 Å². The van der Waals surface area contributed by atoms with Crippen molar-refractivity contribution in [2.24, 2.45) is 0 Å². The van der Waals surface area contributed by atoms with E-state index >= 15 is 0 Å². The summed E-state index contributed by atoms with van der Waals surface area (Å²) in [4.78, 5) is 27.3. The number of aryl methyl sites for hydroxylation is 1. The van der Waals surface area contributed by atoms with Crippen LogP contribution >= 0.6 is 0 Å². The van der Waals surface area contributed by atoms with Gasteiger partial charge in [0.05, 0.1) is 11.3 Å². The monoisotopic (exact) mass is 269 g/mol. The van der Waals surface area contributed by atoms with Crippen LogP contribution in [-0.2, 0) is 11.3 Å². The van der Waals surface area contributed by atoms with Crippen molar-refractivity contribution < 1.29 is 14.3 Å². The van der Waals surface area contributed by atoms with Crippen molar-refractivity contribution in [3.63, 3.8) is 0 Å². The minimum absolute atomic E-state index is 0.0127. The van der Waals surface area contributed by atoms with Crippen LogP contribution in [0.1, 0.15) is 38.9 Å². The molecule has 0 N–H and O–H groups in total. The van der Waals surface area contributed by atoms with E-state index in [4.69, 9.17) is 4.74 Å². The highest BCUT2D eigenvalue weighted by atomic mass is 16.5. The maximum absolute atomic E-state index is 11.9. The zero-order chi connectivity index (χ0) is 14.5. The minimum atomic E-state index is -0.413. The highest BCUT2D eigenvalue weighted by Gasteiger charge is 2.11. The number of hydrogen-bond donors (Lipinski definition) is 0. The van der Waals surface area contributed by atoms with Gasteiger partial charge in [0.15, 0.2) is 5.78 Å². The highest BCUT2D eigenvalue weighted by Crippen LogP contribution is 2.10. The molecule has 2 rings (SSSR count). The third-order valence-electron chi connectivity index (χ3n) is 2.93. The number of ketones is 1. The van der Waals surface area contributed by atoms with Crippen LogP contribution in [0.25, 0.3) is 0 Å². The summed E-state index contributed by atoms with van der Waals surface area (Å²) in [6.45, 7) is 3.39. The van der Waals surface area contributed by atoms with Gasteiger partial charge >= 0.3 is 5.97 Å². The first-order chi connectivity index (χ1) is 9.58. The Morgan fingerprint density at radius 1 is 1.20 bits per heavy atom. The van der Waals surface area contributed by atoms with Gasteiger partial charge in [-0.25, -0.2) is 4.79 Å². The molecular formula is C16H15NO3. The van der Waals surface area contributed by atoms with Gasteiger partial charge in [0.1, 0.15) is 6.61 Å². The number of rotatable bonds is 4. The van der Waals surface area contributed by atoms with E-state index in [1.807, 2.05) is 6.07 Å². The van der Waals surface area contributed by atoms with Gasteiger partial charge in [-0.2, -0.15) is 0 Å². The molecule has 1 heterocycles. The molecule has 0 amide bonds. The molecule has 0 saturated heterocycles. The standard InChI is InChI=1S/C16H15NO3/c1-11-15(7-4-8-17-11)16(19)20-10-13-5-3-6-14(9-13)12(2)18/h3-9H,10H2,1-2H3. The summed E-state index contributed by atoms with van der Waals surface area (Å²) in [6, 6.07) is 10.4. The van der Waals surface area contributed by atoms with Crippen LogP contribution in [0.5, 0.6) is 0 Å². The Kier molecular flexibility index (Phi) is 4.25. The van der Waals surface area contributed by atoms with Gasteiger partial charge in [-0.15, -0.1) is 0 Å². The molecule has 2 aromatic rings. The molecule has 0 aliphatic carbocycles. The SMILES string of the molecule is CC(=O)c1cccc(COC(=O)c2cccnc2C)c1. The lowest BCUT2D eigenvalue weighted by molar-refractivity contribution is 0.0471. The molecule has 1 aromatic carbocycles. The molecule has 0 spiro atoms. The number of Topliss-reactive ketones (excluding diaryl/α,β-unsaturated/α-hetero) is 1. The molecule has 0 radical (unpaired) electrons. The minimum Gasteiger partial charge on any atom is -0.457 e. The van der Waals surface area contributed by atoms with Gasteiger partial charge < -0.3 is 4.74 Å². The predicted molar refractivity (Wildman–Crippen MR) is 74.5 cm³/mol. The number of pyridine rings is 1. The Morgan fingerprint density at radius 2 is 2.00 bits per heavy atom. The summed E-state index contributed by atoms with van der Waals surface area (Å²) in [5, 5.41) is 0. The van der Waals surface area contributed by atoms with Gasteiger partial charge in [-0.3, -0.25) is 9.78 Å². The number of carbonyl (C=O) groups excluding carboxylic acids is 2. The van der Waals surface area contributed by atoms with Crippen LogP contribution in [0.15, 0.2) is 42.6 Å². The predicted octanol–water partition coefficient (Wildman–Crippen LogP) is 2.95. The van der Waals surface area contributed by atoms with E-state index in [1.54, 1.807) is 43.5 Å². The van der Waals surface area contributed by atoms with Gasteiger partial charge in [-0.1, -0.05) is 18.2 Å². The smallest absolute Gasteiger partial charge is 0.340 e. The van der Waals surface area contributed by atoms with Gasteiger partial charge in [0, 0.05) is 11.8 Å². The number of aromatic nitrogens is 1. The van der Waals surface area contributed by atoms with Crippen molar-refractivity contribution in [3.05, 3.63) is 65.0 Å². The summed E-state index contributed by atoms with van der Waals surface area (Å²) < 4.78 is 5.24. The first kappa shape index (κ1) is 13.9. The summed E-state index contributed by atoms with van der Waals surface area (Å²) in [5.74, 6) is -0.426. The molecule has 20 heavy (non-hydrogen) atoms. The number of nitrogens with zero attached hydrogens (tertiary/aromatic N) is 1. The van der Waals surface area contributed by atoms with Gasteiger partial charge in [0.2, 0.25) is 0 Å². The number of hydrogen-bond acceptors (Lipinski definition) is 4. The Hall–Kier alpha value is -2.49. The fourth-order valence-corrected chi connectivity index (χ4v) is 1.81. The summed E-state index contributed by atoms with van der Waals surface area (Å²) in [6.07, 6.45) is 1.63. The Morgan fingerprint density at radius 3 is 2.70 bits per heavy atom. The second-order valence-corrected chi connectivity index (χ2v) is 4.47. The summed E-state index contributed by atoms with van der Waals surface area (Å²) in [7, 11) is 0. The maximum Gasteiger partial charge on any atom is 0.340 e. The third kappa shape index (κ3) is 3.29. The summed E-state index contributed by atoms with van der Waals surface area (Å²) >= 11 is 0. The second-order valence-electron chi connectivity index (χ2n) is 4.47. The highest BCUT2D eigenvalue weighted by molar-refractivity contribution is 5.94. The van der Waals surface area contributed by atoms with E-state index < -0.39 is 5.97 Å². The van der Waals surface area contributed by atoms with Crippen LogP contribution in [0.2, 0.25) is 0 Å². The van der Waals surface area contributed by atoms with Crippen molar-refractivity contribution in [2.75, 3.05) is 0 Å². The Balaban J connectivity index is 2.06. The second kappa shape index (κ2) is 6.10. The lowest BCUT2D eigenvalue weighted by Gasteiger charge is -2.07. The zero-order valence-corrected chi connectivity index (χ0v) is 11.4. The van der Waals surface area contributed by atoms with Crippen LogP contribution < -0.4 is 0 Å². The van der Waals surface area contributed by atoms with Crippen molar-refractivity contribution in [1.82, 2.24) is 4.98 Å². The molecular weight excluding hydrogens is 254 g/mol. The number of benzene rings is 1. The maximum atomic E-state index is 11.9. The Labute approximate surface area is 117 Å². The van der Waals surface area contributed by atoms with Crippen LogP contribution in [0.3, 0.4) is 0 Å². The van der Waals surface area contributed by atoms with Gasteiger partial charge in [-0.05, 0) is 37.6 Å². The third-order valence-corrected chi connectivity index (χ3v) is 2.93. The van der Waals surface area contributed by atoms with Crippen LogP contribution in [-0.4, -0.2) is 16.7 Å². The van der Waals surface area contributed by atoms with Crippen LogP contribution in [0, 0.1) is 6.92 Å². The fraction of sp³-hybridized carbons (Fsp3) is 0.188. The van der Waals surface area contributed by atoms with E-state index in [2.05, 4.69) is 4.98 Å². The zero-order valence-electron chi connectivity index (χ0n) is 11.4. The van der Waals surface area contributed by atoms with Crippen molar-refractivity contribution in [1.29, 1.82) is 0 Å².